The van der Waals surface area contributed by atoms with Crippen LogP contribution in [0.25, 0.3) is 11.3 Å². The van der Waals surface area contributed by atoms with Crippen molar-refractivity contribution in [1.82, 2.24) is 4.57 Å². The van der Waals surface area contributed by atoms with E-state index in [1.807, 2.05) is 67.6 Å². The second-order valence-electron chi connectivity index (χ2n) is 9.72. The van der Waals surface area contributed by atoms with Gasteiger partial charge < -0.3 is 14.4 Å². The summed E-state index contributed by atoms with van der Waals surface area (Å²) in [4.78, 5) is 49.1. The van der Waals surface area contributed by atoms with Gasteiger partial charge in [0, 0.05) is 32.2 Å². The predicted octanol–water partition coefficient (Wildman–Crippen LogP) is 5.21. The molecule has 6 rings (SSSR count). The number of fused-ring (bicyclic) bond motifs is 2. The lowest BCUT2D eigenvalue weighted by Crippen LogP contribution is -2.41. The molecule has 8 nitrogen and oxygen atoms in total. The molecule has 43 heavy (non-hydrogen) atoms. The molecule has 1 amide bonds. The normalized spacial score (nSPS) is 17.0. The summed E-state index contributed by atoms with van der Waals surface area (Å²) in [5, 5.41) is 0. The predicted molar refractivity (Wildman–Crippen MR) is 173 cm³/mol. The van der Waals surface area contributed by atoms with Crippen LogP contribution in [-0.2, 0) is 14.3 Å². The number of benzene rings is 3. The number of aromatic nitrogens is 1. The third kappa shape index (κ3) is 4.89. The molecule has 11 heteroatoms. The molecule has 3 aromatic carbocycles. The first-order chi connectivity index (χ1) is 20.8. The van der Waals surface area contributed by atoms with E-state index in [9.17, 15) is 14.4 Å². The van der Waals surface area contributed by atoms with Crippen LogP contribution in [0.3, 0.4) is 0 Å². The van der Waals surface area contributed by atoms with Crippen molar-refractivity contribution >= 4 is 72.0 Å². The highest BCUT2D eigenvalue weighted by atomic mass is 79.9. The molecule has 0 unspecified atom stereocenters. The standard InChI is InChI=1S/C32H25Br2N3O5S/c1-4-36-22-13-11-18(33)15-20(22)24(29(36)38)28-30(39)37-27(21-16-19(34)12-14-23(21)41-3)25(31(40)42-5-2)26(35-32(37)43-28)17-9-7-6-8-10-17/h6-16,27H,4-5H2,1-3H3/b28-24-/t27-/m1/s1. The van der Waals surface area contributed by atoms with Gasteiger partial charge in [-0.2, -0.15) is 0 Å². The van der Waals surface area contributed by atoms with Crippen molar-refractivity contribution in [2.75, 3.05) is 25.2 Å². The number of likely N-dealkylation sites (N-methyl/N-ethyl adjacent to an activating group) is 1. The highest BCUT2D eigenvalue weighted by molar-refractivity contribution is 9.10. The minimum atomic E-state index is -0.951. The van der Waals surface area contributed by atoms with Gasteiger partial charge in [-0.05, 0) is 50.2 Å². The fourth-order valence-corrected chi connectivity index (χ4v) is 7.37. The van der Waals surface area contributed by atoms with Gasteiger partial charge in [-0.15, -0.1) is 0 Å². The van der Waals surface area contributed by atoms with Gasteiger partial charge in [0.15, 0.2) is 4.80 Å². The lowest BCUT2D eigenvalue weighted by atomic mass is 9.92. The lowest BCUT2D eigenvalue weighted by molar-refractivity contribution is -0.138. The number of ether oxygens (including phenoxy) is 2. The Morgan fingerprint density at radius 1 is 1.00 bits per heavy atom. The number of halogens is 2. The van der Waals surface area contributed by atoms with E-state index < -0.39 is 17.6 Å². The Morgan fingerprint density at radius 3 is 2.42 bits per heavy atom. The van der Waals surface area contributed by atoms with Crippen LogP contribution < -0.4 is 24.5 Å². The molecular weight excluding hydrogens is 698 g/mol. The smallest absolute Gasteiger partial charge is 0.338 e. The van der Waals surface area contributed by atoms with E-state index in [4.69, 9.17) is 14.5 Å². The van der Waals surface area contributed by atoms with E-state index in [0.717, 1.165) is 26.0 Å². The highest BCUT2D eigenvalue weighted by Crippen LogP contribution is 2.41. The molecule has 1 aromatic heterocycles. The third-order valence-corrected chi connectivity index (χ3v) is 9.40. The summed E-state index contributed by atoms with van der Waals surface area (Å²) in [5.74, 6) is -0.380. The second-order valence-corrected chi connectivity index (χ2v) is 12.5. The number of hydrogen-bond acceptors (Lipinski definition) is 7. The van der Waals surface area contributed by atoms with E-state index in [2.05, 4.69) is 31.9 Å². The number of esters is 1. The van der Waals surface area contributed by atoms with E-state index in [0.29, 0.717) is 45.1 Å². The molecule has 0 bridgehead atoms. The van der Waals surface area contributed by atoms with Crippen molar-refractivity contribution in [3.05, 3.63) is 118 Å². The van der Waals surface area contributed by atoms with Crippen LogP contribution in [0.2, 0.25) is 0 Å². The van der Waals surface area contributed by atoms with Crippen molar-refractivity contribution in [2.24, 2.45) is 4.99 Å². The Hall–Kier alpha value is -3.80. The Bertz CT molecular complexity index is 2020. The van der Waals surface area contributed by atoms with Crippen LogP contribution in [-0.4, -0.2) is 36.7 Å². The zero-order valence-corrected chi connectivity index (χ0v) is 27.4. The molecule has 218 valence electrons. The van der Waals surface area contributed by atoms with E-state index in [-0.39, 0.29) is 22.6 Å². The van der Waals surface area contributed by atoms with Gasteiger partial charge in [0.25, 0.3) is 11.5 Å². The monoisotopic (exact) mass is 721 g/mol. The number of hydrogen-bond donors (Lipinski definition) is 0. The first kappa shape index (κ1) is 29.3. The molecule has 0 aliphatic carbocycles. The van der Waals surface area contributed by atoms with Gasteiger partial charge in [-0.25, -0.2) is 9.79 Å². The van der Waals surface area contributed by atoms with Crippen molar-refractivity contribution in [2.45, 2.75) is 19.9 Å². The summed E-state index contributed by atoms with van der Waals surface area (Å²) >= 11 is 8.20. The molecule has 0 saturated carbocycles. The number of carbonyl (C=O) groups is 2. The lowest BCUT2D eigenvalue weighted by Gasteiger charge is -2.27. The fraction of sp³-hybridized carbons (Fsp3) is 0.188. The molecule has 1 atom stereocenters. The number of rotatable bonds is 6. The largest absolute Gasteiger partial charge is 0.496 e. The van der Waals surface area contributed by atoms with E-state index >= 15 is 0 Å². The van der Waals surface area contributed by atoms with Crippen LogP contribution >= 0.6 is 43.2 Å². The SMILES string of the molecule is CCOC(=O)C1=C(c2ccccc2)N=c2s/c(=C3\C(=O)N(CC)c4ccc(Br)cc43)c(=O)n2[C@@H]1c1cc(Br)ccc1OC. The fourth-order valence-electron chi connectivity index (χ4n) is 5.54. The van der Waals surface area contributed by atoms with Crippen molar-refractivity contribution in [1.29, 1.82) is 0 Å². The maximum Gasteiger partial charge on any atom is 0.338 e. The molecular formula is C32H25Br2N3O5S. The van der Waals surface area contributed by atoms with Gasteiger partial charge >= 0.3 is 5.97 Å². The van der Waals surface area contributed by atoms with Crippen LogP contribution in [0.5, 0.6) is 5.75 Å². The highest BCUT2D eigenvalue weighted by Gasteiger charge is 2.39. The minimum Gasteiger partial charge on any atom is -0.496 e. The number of thiazole rings is 1. The summed E-state index contributed by atoms with van der Waals surface area (Å²) < 4.78 is 14.6. The molecule has 4 aromatic rings. The molecule has 0 N–H and O–H groups in total. The van der Waals surface area contributed by atoms with Crippen LogP contribution in [0.1, 0.15) is 36.6 Å². The molecule has 0 fully saturated rings. The first-order valence-electron chi connectivity index (χ1n) is 13.5. The zero-order chi connectivity index (χ0) is 30.4. The summed E-state index contributed by atoms with van der Waals surface area (Å²) in [6, 6.07) is 19.4. The quantitative estimate of drug-likeness (QED) is 0.255. The summed E-state index contributed by atoms with van der Waals surface area (Å²) in [6.45, 7) is 4.20. The van der Waals surface area contributed by atoms with Gasteiger partial charge in [-0.3, -0.25) is 14.2 Å². The second kappa shape index (κ2) is 11.7. The molecule has 0 radical (unpaired) electrons. The summed E-state index contributed by atoms with van der Waals surface area (Å²) in [7, 11) is 1.54. The van der Waals surface area contributed by atoms with Gasteiger partial charge in [0.05, 0.1) is 36.2 Å². The maximum atomic E-state index is 14.6. The Labute approximate surface area is 267 Å². The van der Waals surface area contributed by atoms with E-state index in [1.54, 1.807) is 17.9 Å². The average molecular weight is 723 g/mol. The Morgan fingerprint density at radius 2 is 1.72 bits per heavy atom. The number of carbonyl (C=O) groups excluding carboxylic acids is 2. The number of amides is 1. The van der Waals surface area contributed by atoms with Gasteiger partial charge in [0.1, 0.15) is 16.3 Å². The number of anilines is 1. The summed E-state index contributed by atoms with van der Waals surface area (Å²) in [6.07, 6.45) is 0. The molecule has 2 aliphatic rings. The van der Waals surface area contributed by atoms with Crippen molar-refractivity contribution in [3.8, 4) is 5.75 Å². The maximum absolute atomic E-state index is 14.6. The van der Waals surface area contributed by atoms with E-state index in [1.165, 1.54) is 11.7 Å². The number of methoxy groups -OCH3 is 1. The zero-order valence-electron chi connectivity index (χ0n) is 23.4. The third-order valence-electron chi connectivity index (χ3n) is 7.36. The average Bonchev–Trinajstić information content (AvgIpc) is 3.47. The first-order valence-corrected chi connectivity index (χ1v) is 16.0. The van der Waals surface area contributed by atoms with Gasteiger partial charge in [0.2, 0.25) is 0 Å². The van der Waals surface area contributed by atoms with Crippen molar-refractivity contribution in [3.63, 3.8) is 0 Å². The Kier molecular flexibility index (Phi) is 7.97. The molecule has 2 aliphatic heterocycles. The summed E-state index contributed by atoms with van der Waals surface area (Å²) in [5.41, 5.74) is 3.12. The molecule has 0 saturated heterocycles. The van der Waals surface area contributed by atoms with Crippen LogP contribution in [0.4, 0.5) is 5.69 Å². The van der Waals surface area contributed by atoms with Crippen molar-refractivity contribution < 1.29 is 19.1 Å². The molecule has 0 spiro atoms. The van der Waals surface area contributed by atoms with Crippen LogP contribution in [0, 0.1) is 0 Å². The topological polar surface area (TPSA) is 90.2 Å². The number of nitrogens with zero attached hydrogens (tertiary/aromatic N) is 3. The Balaban J connectivity index is 1.76. The van der Waals surface area contributed by atoms with Gasteiger partial charge in [-0.1, -0.05) is 73.5 Å². The molecule has 3 heterocycles. The minimum absolute atomic E-state index is 0.133. The van der Waals surface area contributed by atoms with Crippen LogP contribution in [0.15, 0.2) is 91.0 Å².